The van der Waals surface area contributed by atoms with E-state index in [2.05, 4.69) is 10.6 Å². The summed E-state index contributed by atoms with van der Waals surface area (Å²) < 4.78 is 5.34. The van der Waals surface area contributed by atoms with Gasteiger partial charge in [-0.2, -0.15) is 0 Å². The molecule has 2 N–H and O–H groups in total. The van der Waals surface area contributed by atoms with Crippen molar-refractivity contribution in [1.29, 1.82) is 0 Å². The summed E-state index contributed by atoms with van der Waals surface area (Å²) in [5, 5.41) is 5.99. The van der Waals surface area contributed by atoms with Crippen LogP contribution in [0, 0.1) is 5.92 Å². The van der Waals surface area contributed by atoms with Crippen LogP contribution < -0.4 is 10.6 Å². The van der Waals surface area contributed by atoms with Gasteiger partial charge in [0.15, 0.2) is 0 Å². The molecule has 0 aromatic carbocycles. The van der Waals surface area contributed by atoms with E-state index in [1.165, 1.54) is 0 Å². The predicted molar refractivity (Wildman–Crippen MR) is 55.1 cm³/mol. The number of hydrogen-bond donors (Lipinski definition) is 2. The molecule has 1 saturated heterocycles. The molecule has 0 aromatic rings. The van der Waals surface area contributed by atoms with Crippen LogP contribution in [0.1, 0.15) is 20.3 Å². The fraction of sp³-hybridized carbons (Fsp3) is 0.900. The zero-order valence-electron chi connectivity index (χ0n) is 9.17. The largest absolute Gasteiger partial charge is 0.378 e. The van der Waals surface area contributed by atoms with Gasteiger partial charge in [-0.15, -0.1) is 0 Å². The second-order valence-electron chi connectivity index (χ2n) is 4.01. The lowest BCUT2D eigenvalue weighted by atomic mass is 10.1. The van der Waals surface area contributed by atoms with Gasteiger partial charge in [0.2, 0.25) is 5.91 Å². The first-order chi connectivity index (χ1) is 6.63. The van der Waals surface area contributed by atoms with Gasteiger partial charge in [0.25, 0.3) is 0 Å². The van der Waals surface area contributed by atoms with E-state index in [4.69, 9.17) is 4.74 Å². The molecule has 1 rings (SSSR count). The first kappa shape index (κ1) is 11.5. The lowest BCUT2D eigenvalue weighted by molar-refractivity contribution is -0.125. The number of ether oxygens (including phenoxy) is 1. The average molecular weight is 200 g/mol. The van der Waals surface area contributed by atoms with Gasteiger partial charge in [0, 0.05) is 12.6 Å². The molecule has 0 saturated carbocycles. The second kappa shape index (κ2) is 5.32. The molecule has 3 atom stereocenters. The van der Waals surface area contributed by atoms with E-state index >= 15 is 0 Å². The molecule has 1 amide bonds. The normalized spacial score (nSPS) is 28.8. The van der Waals surface area contributed by atoms with Crippen molar-refractivity contribution in [3.05, 3.63) is 0 Å². The summed E-state index contributed by atoms with van der Waals surface area (Å²) in [6.45, 7) is 5.29. The summed E-state index contributed by atoms with van der Waals surface area (Å²) in [7, 11) is 1.89. The summed E-state index contributed by atoms with van der Waals surface area (Å²) in [5.41, 5.74) is 0. The SMILES string of the molecule is CNC(C)CNC(=O)C1COC(C)C1. The van der Waals surface area contributed by atoms with Gasteiger partial charge < -0.3 is 15.4 Å². The Morgan fingerprint density at radius 2 is 2.36 bits per heavy atom. The minimum Gasteiger partial charge on any atom is -0.378 e. The highest BCUT2D eigenvalue weighted by atomic mass is 16.5. The van der Waals surface area contributed by atoms with Gasteiger partial charge in [0.05, 0.1) is 18.6 Å². The maximum absolute atomic E-state index is 11.6. The van der Waals surface area contributed by atoms with E-state index in [1.807, 2.05) is 20.9 Å². The predicted octanol–water partition coefficient (Wildman–Crippen LogP) is 0.136. The van der Waals surface area contributed by atoms with Crippen molar-refractivity contribution in [3.63, 3.8) is 0 Å². The van der Waals surface area contributed by atoms with Crippen molar-refractivity contribution in [3.8, 4) is 0 Å². The summed E-state index contributed by atoms with van der Waals surface area (Å²) in [6.07, 6.45) is 1.08. The van der Waals surface area contributed by atoms with Crippen LogP contribution in [0.3, 0.4) is 0 Å². The Labute approximate surface area is 85.4 Å². The quantitative estimate of drug-likeness (QED) is 0.678. The molecule has 1 fully saturated rings. The topological polar surface area (TPSA) is 50.4 Å². The Hall–Kier alpha value is -0.610. The summed E-state index contributed by atoms with van der Waals surface area (Å²) in [6, 6.07) is 0.318. The minimum absolute atomic E-state index is 0.0501. The van der Waals surface area contributed by atoms with Crippen LogP contribution in [0.4, 0.5) is 0 Å². The maximum Gasteiger partial charge on any atom is 0.225 e. The van der Waals surface area contributed by atoms with Gasteiger partial charge in [-0.25, -0.2) is 0 Å². The Bertz CT molecular complexity index is 197. The van der Waals surface area contributed by atoms with Crippen LogP contribution >= 0.6 is 0 Å². The molecule has 0 spiro atoms. The number of likely N-dealkylation sites (N-methyl/N-ethyl adjacent to an activating group) is 1. The molecule has 0 bridgehead atoms. The zero-order chi connectivity index (χ0) is 10.6. The first-order valence-corrected chi connectivity index (χ1v) is 5.20. The fourth-order valence-corrected chi connectivity index (χ4v) is 1.50. The Balaban J connectivity index is 2.22. The van der Waals surface area contributed by atoms with Crippen LogP contribution in [0.5, 0.6) is 0 Å². The van der Waals surface area contributed by atoms with Gasteiger partial charge in [-0.3, -0.25) is 4.79 Å². The Kier molecular flexibility index (Phi) is 4.35. The van der Waals surface area contributed by atoms with Crippen LogP contribution in [0.25, 0.3) is 0 Å². The highest BCUT2D eigenvalue weighted by molar-refractivity contribution is 5.79. The molecular weight excluding hydrogens is 180 g/mol. The van der Waals surface area contributed by atoms with Gasteiger partial charge in [0.1, 0.15) is 0 Å². The van der Waals surface area contributed by atoms with Gasteiger partial charge in [-0.05, 0) is 27.3 Å². The number of amides is 1. The lowest BCUT2D eigenvalue weighted by Crippen LogP contribution is -2.40. The summed E-state index contributed by atoms with van der Waals surface area (Å²) in [4.78, 5) is 11.6. The molecule has 1 aliphatic heterocycles. The molecular formula is C10H20N2O2. The first-order valence-electron chi connectivity index (χ1n) is 5.20. The average Bonchev–Trinajstić information content (AvgIpc) is 2.60. The summed E-state index contributed by atoms with van der Waals surface area (Å²) in [5.74, 6) is 0.172. The molecule has 0 aromatic heterocycles. The molecule has 4 nitrogen and oxygen atoms in total. The van der Waals surface area contributed by atoms with E-state index in [-0.39, 0.29) is 17.9 Å². The van der Waals surface area contributed by atoms with E-state index in [1.54, 1.807) is 0 Å². The third-order valence-electron chi connectivity index (χ3n) is 2.64. The zero-order valence-corrected chi connectivity index (χ0v) is 9.17. The van der Waals surface area contributed by atoms with Crippen LogP contribution in [-0.2, 0) is 9.53 Å². The van der Waals surface area contributed by atoms with Gasteiger partial charge >= 0.3 is 0 Å². The number of carbonyl (C=O) groups is 1. The number of hydrogen-bond acceptors (Lipinski definition) is 3. The molecule has 4 heteroatoms. The third kappa shape index (κ3) is 3.27. The van der Waals surface area contributed by atoms with E-state index in [0.717, 1.165) is 6.42 Å². The Morgan fingerprint density at radius 1 is 1.64 bits per heavy atom. The van der Waals surface area contributed by atoms with E-state index in [0.29, 0.717) is 19.2 Å². The van der Waals surface area contributed by atoms with Crippen LogP contribution in [0.2, 0.25) is 0 Å². The molecule has 3 unspecified atom stereocenters. The second-order valence-corrected chi connectivity index (χ2v) is 4.01. The highest BCUT2D eigenvalue weighted by Gasteiger charge is 2.27. The molecule has 0 radical (unpaired) electrons. The van der Waals surface area contributed by atoms with Crippen molar-refractivity contribution < 1.29 is 9.53 Å². The standard InChI is InChI=1S/C10H20N2O2/c1-7(11-3)5-12-10(13)9-4-8(2)14-6-9/h7-9,11H,4-6H2,1-3H3,(H,12,13). The highest BCUT2D eigenvalue weighted by Crippen LogP contribution is 2.18. The number of rotatable bonds is 4. The van der Waals surface area contributed by atoms with E-state index < -0.39 is 0 Å². The molecule has 14 heavy (non-hydrogen) atoms. The van der Waals surface area contributed by atoms with Crippen LogP contribution in [0.15, 0.2) is 0 Å². The monoisotopic (exact) mass is 200 g/mol. The minimum atomic E-state index is 0.0501. The van der Waals surface area contributed by atoms with Gasteiger partial charge in [-0.1, -0.05) is 0 Å². The molecule has 1 aliphatic rings. The Morgan fingerprint density at radius 3 is 2.86 bits per heavy atom. The summed E-state index contributed by atoms with van der Waals surface area (Å²) >= 11 is 0. The number of carbonyl (C=O) groups excluding carboxylic acids is 1. The van der Waals surface area contributed by atoms with Crippen molar-refractivity contribution in [2.45, 2.75) is 32.4 Å². The van der Waals surface area contributed by atoms with Crippen molar-refractivity contribution in [2.24, 2.45) is 5.92 Å². The van der Waals surface area contributed by atoms with Crippen molar-refractivity contribution >= 4 is 5.91 Å². The van der Waals surface area contributed by atoms with E-state index in [9.17, 15) is 4.79 Å². The lowest BCUT2D eigenvalue weighted by Gasteiger charge is -2.13. The number of nitrogens with one attached hydrogen (secondary N) is 2. The molecule has 1 heterocycles. The molecule has 0 aliphatic carbocycles. The van der Waals surface area contributed by atoms with Crippen molar-refractivity contribution in [1.82, 2.24) is 10.6 Å². The van der Waals surface area contributed by atoms with Crippen LogP contribution in [-0.4, -0.2) is 38.3 Å². The van der Waals surface area contributed by atoms with Crippen molar-refractivity contribution in [2.75, 3.05) is 20.2 Å². The maximum atomic E-state index is 11.6. The smallest absolute Gasteiger partial charge is 0.225 e. The third-order valence-corrected chi connectivity index (χ3v) is 2.64. The molecule has 82 valence electrons. The fourth-order valence-electron chi connectivity index (χ4n) is 1.50.